The van der Waals surface area contributed by atoms with Gasteiger partial charge in [0.1, 0.15) is 11.6 Å². The number of methoxy groups -OCH3 is 2. The number of esters is 1. The van der Waals surface area contributed by atoms with Gasteiger partial charge in [-0.3, -0.25) is 9.69 Å². The molecule has 8 heteroatoms. The smallest absolute Gasteiger partial charge is 0.340 e. The molecule has 2 aromatic carbocycles. The number of carbonyl (C=O) groups is 2. The molecule has 0 radical (unpaired) electrons. The number of amides is 1. The predicted molar refractivity (Wildman–Crippen MR) is 133 cm³/mol. The first-order chi connectivity index (χ1) is 16.7. The zero-order valence-electron chi connectivity index (χ0n) is 20.0. The largest absolute Gasteiger partial charge is 0.495 e. The Morgan fingerprint density at radius 2 is 1.66 bits per heavy atom. The highest BCUT2D eigenvalue weighted by molar-refractivity contribution is 6.32. The number of benzene rings is 2. The summed E-state index contributed by atoms with van der Waals surface area (Å²) in [6.45, 7) is 5.52. The van der Waals surface area contributed by atoms with Gasteiger partial charge in [0.15, 0.2) is 0 Å². The molecule has 6 nitrogen and oxygen atoms in total. The Morgan fingerprint density at radius 3 is 2.26 bits per heavy atom. The summed E-state index contributed by atoms with van der Waals surface area (Å²) in [5.74, 6) is -0.868. The number of carbonyl (C=O) groups excluding carboxylic acids is 2. The number of aryl methyl sites for hydroxylation is 1. The number of hydrogen-bond donors (Lipinski definition) is 0. The second-order valence-corrected chi connectivity index (χ2v) is 8.51. The third-order valence-corrected chi connectivity index (χ3v) is 6.33. The summed E-state index contributed by atoms with van der Waals surface area (Å²) in [5, 5.41) is 0.477. The third kappa shape index (κ3) is 4.23. The van der Waals surface area contributed by atoms with E-state index < -0.39 is 17.7 Å². The van der Waals surface area contributed by atoms with Gasteiger partial charge >= 0.3 is 5.97 Å². The van der Waals surface area contributed by atoms with Gasteiger partial charge in [-0.05, 0) is 80.9 Å². The van der Waals surface area contributed by atoms with Gasteiger partial charge < -0.3 is 14.0 Å². The van der Waals surface area contributed by atoms with E-state index in [9.17, 15) is 14.0 Å². The number of aromatic nitrogens is 1. The summed E-state index contributed by atoms with van der Waals surface area (Å²) in [5.41, 5.74) is 4.59. The van der Waals surface area contributed by atoms with E-state index in [1.54, 1.807) is 32.2 Å². The maximum absolute atomic E-state index is 13.5. The maximum atomic E-state index is 13.5. The fraction of sp³-hybridized carbons (Fsp3) is 0.185. The lowest BCUT2D eigenvalue weighted by atomic mass is 10.0. The molecule has 4 rings (SSSR count). The van der Waals surface area contributed by atoms with Crippen molar-refractivity contribution < 1.29 is 23.5 Å². The lowest BCUT2D eigenvalue weighted by molar-refractivity contribution is -0.136. The molecule has 0 saturated heterocycles. The van der Waals surface area contributed by atoms with Crippen molar-refractivity contribution in [1.29, 1.82) is 0 Å². The molecule has 35 heavy (non-hydrogen) atoms. The first-order valence-electron chi connectivity index (χ1n) is 10.8. The predicted octanol–water partition coefficient (Wildman–Crippen LogP) is 5.77. The Kier molecular flexibility index (Phi) is 6.54. The topological polar surface area (TPSA) is 60.8 Å². The quantitative estimate of drug-likeness (QED) is 0.333. The molecule has 3 aromatic rings. The SMILES string of the molecule is COC(=O)C1=C(C)N(c2ccc(F)cc2)C(=O)/C1=C\c1cc(C)n(-c2ccc(OC)c(Cl)c2)c1C. The summed E-state index contributed by atoms with van der Waals surface area (Å²) < 4.78 is 25.7. The molecule has 1 aromatic heterocycles. The van der Waals surface area contributed by atoms with Crippen molar-refractivity contribution in [3.05, 3.63) is 93.2 Å². The summed E-state index contributed by atoms with van der Waals surface area (Å²) in [7, 11) is 2.82. The van der Waals surface area contributed by atoms with Crippen LogP contribution in [0, 0.1) is 19.7 Å². The van der Waals surface area contributed by atoms with Crippen molar-refractivity contribution in [3.8, 4) is 11.4 Å². The van der Waals surface area contributed by atoms with Crippen molar-refractivity contribution in [2.45, 2.75) is 20.8 Å². The molecule has 0 saturated carbocycles. The van der Waals surface area contributed by atoms with E-state index >= 15 is 0 Å². The fourth-order valence-electron chi connectivity index (χ4n) is 4.36. The van der Waals surface area contributed by atoms with E-state index in [0.29, 0.717) is 22.2 Å². The van der Waals surface area contributed by atoms with Gasteiger partial charge in [-0.15, -0.1) is 0 Å². The Hall–Kier alpha value is -3.84. The van der Waals surface area contributed by atoms with Crippen LogP contribution in [0.15, 0.2) is 65.4 Å². The fourth-order valence-corrected chi connectivity index (χ4v) is 4.61. The van der Waals surface area contributed by atoms with E-state index in [2.05, 4.69) is 0 Å². The highest BCUT2D eigenvalue weighted by atomic mass is 35.5. The summed E-state index contributed by atoms with van der Waals surface area (Å²) in [6.07, 6.45) is 1.69. The number of rotatable bonds is 5. The highest BCUT2D eigenvalue weighted by Crippen LogP contribution is 2.37. The molecule has 0 bridgehead atoms. The van der Waals surface area contributed by atoms with Crippen LogP contribution < -0.4 is 9.64 Å². The highest BCUT2D eigenvalue weighted by Gasteiger charge is 2.38. The van der Waals surface area contributed by atoms with Crippen LogP contribution in [0.5, 0.6) is 5.75 Å². The zero-order valence-corrected chi connectivity index (χ0v) is 20.7. The van der Waals surface area contributed by atoms with Gasteiger partial charge in [0.2, 0.25) is 0 Å². The summed E-state index contributed by atoms with van der Waals surface area (Å²) in [6, 6.07) is 12.9. The second-order valence-electron chi connectivity index (χ2n) is 8.11. The molecule has 1 aliphatic heterocycles. The average Bonchev–Trinajstić information content (AvgIpc) is 3.25. The number of allylic oxidation sites excluding steroid dienone is 1. The van der Waals surface area contributed by atoms with Crippen LogP contribution in [-0.2, 0) is 14.3 Å². The third-order valence-electron chi connectivity index (χ3n) is 6.04. The van der Waals surface area contributed by atoms with Gasteiger partial charge in [-0.2, -0.15) is 0 Å². The van der Waals surface area contributed by atoms with E-state index in [-0.39, 0.29) is 11.1 Å². The Morgan fingerprint density at radius 1 is 1.00 bits per heavy atom. The van der Waals surface area contributed by atoms with Gasteiger partial charge in [0, 0.05) is 28.5 Å². The molecule has 0 fully saturated rings. The molecule has 0 atom stereocenters. The van der Waals surface area contributed by atoms with Crippen molar-refractivity contribution in [2.75, 3.05) is 19.1 Å². The second kappa shape index (κ2) is 9.43. The molecule has 180 valence electrons. The summed E-state index contributed by atoms with van der Waals surface area (Å²) >= 11 is 6.34. The Balaban J connectivity index is 1.83. The Bertz CT molecular complexity index is 1400. The van der Waals surface area contributed by atoms with Crippen LogP contribution in [-0.4, -0.2) is 30.7 Å². The van der Waals surface area contributed by atoms with Crippen LogP contribution in [0.2, 0.25) is 5.02 Å². The van der Waals surface area contributed by atoms with E-state index in [4.69, 9.17) is 21.1 Å². The van der Waals surface area contributed by atoms with E-state index in [0.717, 1.165) is 22.6 Å². The number of halogens is 2. The van der Waals surface area contributed by atoms with Crippen LogP contribution in [0.1, 0.15) is 23.9 Å². The number of ether oxygens (including phenoxy) is 2. The normalized spacial score (nSPS) is 14.8. The van der Waals surface area contributed by atoms with Crippen LogP contribution in [0.25, 0.3) is 11.8 Å². The van der Waals surface area contributed by atoms with Crippen molar-refractivity contribution in [3.63, 3.8) is 0 Å². The van der Waals surface area contributed by atoms with Gasteiger partial charge in [0.25, 0.3) is 5.91 Å². The van der Waals surface area contributed by atoms with Crippen LogP contribution in [0.3, 0.4) is 0 Å². The minimum atomic E-state index is -0.623. The lowest BCUT2D eigenvalue weighted by Crippen LogP contribution is -2.24. The van der Waals surface area contributed by atoms with Gasteiger partial charge in [-0.1, -0.05) is 11.6 Å². The number of nitrogens with zero attached hydrogens (tertiary/aromatic N) is 2. The number of anilines is 1. The molecule has 1 amide bonds. The summed E-state index contributed by atoms with van der Waals surface area (Å²) in [4.78, 5) is 27.6. The molecule has 0 unspecified atom stereocenters. The molecular formula is C27H24ClFN2O4. The molecular weight excluding hydrogens is 471 g/mol. The van der Waals surface area contributed by atoms with E-state index in [1.165, 1.54) is 36.3 Å². The standard InChI is InChI=1S/C27H24ClFN2O4/c1-15-12-18(16(2)30(15)21-10-11-24(34-4)23(28)14-21)13-22-25(27(33)35-5)17(3)31(26(22)32)20-8-6-19(29)7-9-20/h6-14H,1-5H3/b22-13-. The first-order valence-corrected chi connectivity index (χ1v) is 11.2. The Labute approximate surface area is 207 Å². The van der Waals surface area contributed by atoms with Crippen LogP contribution >= 0.6 is 11.6 Å². The minimum absolute atomic E-state index is 0.166. The molecule has 2 heterocycles. The van der Waals surface area contributed by atoms with Gasteiger partial charge in [-0.25, -0.2) is 9.18 Å². The van der Waals surface area contributed by atoms with Crippen molar-refractivity contribution in [1.82, 2.24) is 4.57 Å². The maximum Gasteiger partial charge on any atom is 0.340 e. The lowest BCUT2D eigenvalue weighted by Gasteiger charge is -2.17. The van der Waals surface area contributed by atoms with E-state index in [1.807, 2.05) is 30.5 Å². The van der Waals surface area contributed by atoms with Gasteiger partial charge in [0.05, 0.1) is 30.4 Å². The number of hydrogen-bond acceptors (Lipinski definition) is 4. The minimum Gasteiger partial charge on any atom is -0.495 e. The molecule has 0 spiro atoms. The van der Waals surface area contributed by atoms with Crippen molar-refractivity contribution in [2.24, 2.45) is 0 Å². The molecule has 0 N–H and O–H groups in total. The zero-order chi connectivity index (χ0) is 25.4. The molecule has 0 aliphatic carbocycles. The first kappa shape index (κ1) is 24.3. The van der Waals surface area contributed by atoms with Crippen LogP contribution in [0.4, 0.5) is 10.1 Å². The average molecular weight is 495 g/mol. The van der Waals surface area contributed by atoms with Crippen molar-refractivity contribution >= 4 is 35.2 Å². The monoisotopic (exact) mass is 494 g/mol. The molecule has 1 aliphatic rings.